The first-order valence-corrected chi connectivity index (χ1v) is 9.72. The zero-order valence-corrected chi connectivity index (χ0v) is 17.1. The summed E-state index contributed by atoms with van der Waals surface area (Å²) in [6, 6.07) is -0.931. The van der Waals surface area contributed by atoms with E-state index < -0.39 is 18.8 Å². The highest BCUT2D eigenvalue weighted by Crippen LogP contribution is 2.08. The molecule has 1 atom stereocenters. The number of urea groups is 1. The van der Waals surface area contributed by atoms with E-state index in [4.69, 9.17) is 10.5 Å². The fraction of sp³-hybridized carbons (Fsp3) is 0.833. The summed E-state index contributed by atoms with van der Waals surface area (Å²) in [6.07, 6.45) is 1.34. The minimum Gasteiger partial charge on any atom is -0.450 e. The number of nitrogens with two attached hydrogens (primary N) is 1. The maximum absolute atomic E-state index is 12.4. The number of carbonyl (C=O) groups excluding carboxylic acids is 3. The first-order valence-electron chi connectivity index (χ1n) is 9.72. The van der Waals surface area contributed by atoms with Crippen molar-refractivity contribution in [2.45, 2.75) is 51.6 Å². The van der Waals surface area contributed by atoms with Crippen molar-refractivity contribution in [2.75, 3.05) is 46.0 Å². The van der Waals surface area contributed by atoms with Gasteiger partial charge in [0.15, 0.2) is 0 Å². The Balaban J connectivity index is 2.20. The van der Waals surface area contributed by atoms with Gasteiger partial charge < -0.3 is 30.9 Å². The Morgan fingerprint density at radius 2 is 1.71 bits per heavy atom. The molecular weight excluding hydrogens is 369 g/mol. The van der Waals surface area contributed by atoms with Gasteiger partial charge in [0.25, 0.3) is 0 Å². The predicted octanol–water partition coefficient (Wildman–Crippen LogP) is 0.832. The quantitative estimate of drug-likeness (QED) is 0.519. The molecule has 1 rings (SSSR count). The summed E-state index contributed by atoms with van der Waals surface area (Å²) in [7, 11) is 0. The van der Waals surface area contributed by atoms with Crippen molar-refractivity contribution in [2.24, 2.45) is 5.73 Å². The van der Waals surface area contributed by atoms with Gasteiger partial charge in [-0.15, -0.1) is 0 Å². The van der Waals surface area contributed by atoms with Crippen LogP contribution in [0.5, 0.6) is 0 Å². The lowest BCUT2D eigenvalue weighted by Crippen LogP contribution is -2.56. The summed E-state index contributed by atoms with van der Waals surface area (Å²) in [4.78, 5) is 38.9. The van der Waals surface area contributed by atoms with Gasteiger partial charge in [0.2, 0.25) is 5.91 Å². The molecule has 0 spiro atoms. The molecule has 4 amide bonds. The number of rotatable bonds is 8. The molecule has 0 saturated carbocycles. The maximum atomic E-state index is 12.4. The smallest absolute Gasteiger partial charge is 0.407 e. The molecule has 4 N–H and O–H groups in total. The summed E-state index contributed by atoms with van der Waals surface area (Å²) in [6.45, 7) is 6.88. The summed E-state index contributed by atoms with van der Waals surface area (Å²) < 4.78 is 17.2. The minimum atomic E-state index is -0.615. The Morgan fingerprint density at radius 3 is 2.29 bits per heavy atom. The van der Waals surface area contributed by atoms with Crippen molar-refractivity contribution in [3.63, 3.8) is 0 Å². The lowest BCUT2D eigenvalue weighted by molar-refractivity contribution is -0.134. The number of piperazine rings is 1. The van der Waals surface area contributed by atoms with Crippen LogP contribution in [0.2, 0.25) is 0 Å². The molecular formula is C18H34FN5O4. The number of alkyl halides is 1. The van der Waals surface area contributed by atoms with Crippen molar-refractivity contribution in [1.82, 2.24) is 20.4 Å². The molecule has 1 aliphatic heterocycles. The number of carbonyl (C=O) groups is 3. The first-order chi connectivity index (χ1) is 13.1. The van der Waals surface area contributed by atoms with Gasteiger partial charge in [0.05, 0.1) is 12.6 Å². The molecule has 0 bridgehead atoms. The van der Waals surface area contributed by atoms with Crippen molar-refractivity contribution >= 4 is 18.0 Å². The van der Waals surface area contributed by atoms with Crippen LogP contribution in [0, 0.1) is 0 Å². The zero-order valence-electron chi connectivity index (χ0n) is 17.1. The van der Waals surface area contributed by atoms with Crippen molar-refractivity contribution in [1.29, 1.82) is 0 Å². The highest BCUT2D eigenvalue weighted by Gasteiger charge is 2.26. The number of nitrogens with one attached hydrogen (secondary N) is 2. The Morgan fingerprint density at radius 1 is 1.11 bits per heavy atom. The van der Waals surface area contributed by atoms with E-state index in [1.807, 2.05) is 20.8 Å². The van der Waals surface area contributed by atoms with Gasteiger partial charge in [-0.1, -0.05) is 0 Å². The van der Waals surface area contributed by atoms with E-state index in [2.05, 4.69) is 10.6 Å². The Kier molecular flexibility index (Phi) is 9.98. The van der Waals surface area contributed by atoms with Crippen LogP contribution in [0.1, 0.15) is 40.0 Å². The number of ether oxygens (including phenoxy) is 1. The second kappa shape index (κ2) is 11.7. The lowest BCUT2D eigenvalue weighted by atomic mass is 10.1. The van der Waals surface area contributed by atoms with Gasteiger partial charge in [0.1, 0.15) is 6.67 Å². The van der Waals surface area contributed by atoms with E-state index in [0.717, 1.165) is 0 Å². The molecule has 1 fully saturated rings. The van der Waals surface area contributed by atoms with E-state index in [1.54, 1.807) is 9.80 Å². The second-order valence-corrected chi connectivity index (χ2v) is 7.85. The van der Waals surface area contributed by atoms with Crippen LogP contribution in [-0.4, -0.2) is 85.4 Å². The normalized spacial score (nSPS) is 15.8. The number of hydrogen-bond acceptors (Lipinski definition) is 5. The molecule has 0 aromatic carbocycles. The predicted molar refractivity (Wildman–Crippen MR) is 104 cm³/mol. The van der Waals surface area contributed by atoms with Crippen molar-refractivity contribution in [3.8, 4) is 0 Å². The van der Waals surface area contributed by atoms with E-state index in [0.29, 0.717) is 45.4 Å². The highest BCUT2D eigenvalue weighted by molar-refractivity contribution is 5.82. The molecule has 0 aromatic heterocycles. The Labute approximate surface area is 166 Å². The zero-order chi connectivity index (χ0) is 21.2. The van der Waals surface area contributed by atoms with Crippen LogP contribution in [0.3, 0.4) is 0 Å². The Bertz CT molecular complexity index is 519. The molecule has 10 heteroatoms. The second-order valence-electron chi connectivity index (χ2n) is 7.85. The van der Waals surface area contributed by atoms with Crippen LogP contribution in [0.4, 0.5) is 14.0 Å². The summed E-state index contributed by atoms with van der Waals surface area (Å²) in [5.74, 6) is -0.143. The van der Waals surface area contributed by atoms with Crippen molar-refractivity contribution in [3.05, 3.63) is 0 Å². The van der Waals surface area contributed by atoms with Crippen LogP contribution in [0.15, 0.2) is 0 Å². The van der Waals surface area contributed by atoms with Gasteiger partial charge >= 0.3 is 12.1 Å². The number of alkyl carbamates (subject to hydrolysis) is 1. The third kappa shape index (κ3) is 9.20. The molecule has 1 heterocycles. The molecule has 0 aliphatic carbocycles. The average Bonchev–Trinajstić information content (AvgIpc) is 2.63. The number of nitrogens with zero attached hydrogens (tertiary/aromatic N) is 2. The number of unbranched alkanes of at least 4 members (excludes halogenated alkanes) is 1. The largest absolute Gasteiger partial charge is 0.450 e. The summed E-state index contributed by atoms with van der Waals surface area (Å²) in [5.41, 5.74) is 5.64. The SMILES string of the molecule is CC(C)(C)NC(=O)OCCCC[C@@H](N)C(=O)N1CCN(C(=O)NCCF)CC1. The molecule has 0 radical (unpaired) electrons. The number of hydrogen-bond donors (Lipinski definition) is 3. The van der Waals surface area contributed by atoms with E-state index in [-0.39, 0.29) is 30.6 Å². The molecule has 1 saturated heterocycles. The fourth-order valence-electron chi connectivity index (χ4n) is 2.73. The molecule has 1 aliphatic rings. The molecule has 28 heavy (non-hydrogen) atoms. The standard InChI is InChI=1S/C18H34FN5O4/c1-18(2,3)22-17(27)28-13-5-4-6-14(20)15(25)23-9-11-24(12-10-23)16(26)21-8-7-19/h14H,4-13,20H2,1-3H3,(H,21,26)(H,22,27)/t14-/m1/s1. The summed E-state index contributed by atoms with van der Waals surface area (Å²) >= 11 is 0. The molecule has 9 nitrogen and oxygen atoms in total. The van der Waals surface area contributed by atoms with Gasteiger partial charge in [-0.25, -0.2) is 14.0 Å². The van der Waals surface area contributed by atoms with E-state index >= 15 is 0 Å². The Hall–Kier alpha value is -2.10. The third-order valence-electron chi connectivity index (χ3n) is 4.19. The van der Waals surface area contributed by atoms with Crippen LogP contribution in [-0.2, 0) is 9.53 Å². The van der Waals surface area contributed by atoms with Gasteiger partial charge in [0, 0.05) is 38.3 Å². The topological polar surface area (TPSA) is 117 Å². The molecule has 0 aromatic rings. The van der Waals surface area contributed by atoms with Crippen molar-refractivity contribution < 1.29 is 23.5 Å². The van der Waals surface area contributed by atoms with Gasteiger partial charge in [-0.2, -0.15) is 0 Å². The fourth-order valence-corrected chi connectivity index (χ4v) is 2.73. The number of halogens is 1. The maximum Gasteiger partial charge on any atom is 0.407 e. The lowest BCUT2D eigenvalue weighted by Gasteiger charge is -2.35. The molecule has 0 unspecified atom stereocenters. The number of amides is 4. The van der Waals surface area contributed by atoms with Crippen LogP contribution < -0.4 is 16.4 Å². The monoisotopic (exact) mass is 403 g/mol. The van der Waals surface area contributed by atoms with Crippen LogP contribution in [0.25, 0.3) is 0 Å². The third-order valence-corrected chi connectivity index (χ3v) is 4.19. The highest BCUT2D eigenvalue weighted by atomic mass is 19.1. The molecule has 162 valence electrons. The van der Waals surface area contributed by atoms with Gasteiger partial charge in [-0.05, 0) is 40.0 Å². The first kappa shape index (κ1) is 23.9. The summed E-state index contributed by atoms with van der Waals surface area (Å²) in [5, 5.41) is 5.18. The van der Waals surface area contributed by atoms with Crippen LogP contribution >= 0.6 is 0 Å². The average molecular weight is 403 g/mol. The van der Waals surface area contributed by atoms with E-state index in [9.17, 15) is 18.8 Å². The van der Waals surface area contributed by atoms with Gasteiger partial charge in [-0.3, -0.25) is 4.79 Å². The van der Waals surface area contributed by atoms with E-state index in [1.165, 1.54) is 0 Å². The minimum absolute atomic E-state index is 0.00949.